The summed E-state index contributed by atoms with van der Waals surface area (Å²) in [6.07, 6.45) is 0.0157. The van der Waals surface area contributed by atoms with Gasteiger partial charge in [0.15, 0.2) is 5.84 Å². The molecule has 1 aromatic rings. The number of likely N-dealkylation sites (N-methyl/N-ethyl adjacent to an activating group) is 1. The van der Waals surface area contributed by atoms with Crippen molar-refractivity contribution in [2.45, 2.75) is 25.6 Å². The van der Waals surface area contributed by atoms with Crippen LogP contribution in [0.3, 0.4) is 0 Å². The summed E-state index contributed by atoms with van der Waals surface area (Å²) in [5.74, 6) is 0.695. The minimum absolute atomic E-state index is 0.0235. The quantitative estimate of drug-likeness (QED) is 0.696. The van der Waals surface area contributed by atoms with Gasteiger partial charge >= 0.3 is 6.18 Å². The third-order valence-electron chi connectivity index (χ3n) is 5.29. The van der Waals surface area contributed by atoms with E-state index in [4.69, 9.17) is 11.6 Å². The van der Waals surface area contributed by atoms with Crippen LogP contribution in [0, 0.1) is 0 Å². The number of benzene rings is 1. The largest absolute Gasteiger partial charge is 0.417 e. The monoisotopic (exact) mass is 411 g/mol. The zero-order valence-electron chi connectivity index (χ0n) is 15.7. The lowest BCUT2D eigenvalue weighted by Crippen LogP contribution is -2.50. The molecular formula is C19H21ClF3N5. The summed E-state index contributed by atoms with van der Waals surface area (Å²) in [5.41, 5.74) is 0.751. The predicted octanol–water partition coefficient (Wildman–Crippen LogP) is 4.16. The fourth-order valence-electron chi connectivity index (χ4n) is 3.59. The molecule has 28 heavy (non-hydrogen) atoms. The van der Waals surface area contributed by atoms with E-state index in [0.717, 1.165) is 44.4 Å². The van der Waals surface area contributed by atoms with Crippen LogP contribution in [0.4, 0.5) is 24.5 Å². The Bertz CT molecular complexity index is 869. The number of hydrogen-bond acceptors (Lipinski definition) is 5. The van der Waals surface area contributed by atoms with Gasteiger partial charge in [-0.2, -0.15) is 13.2 Å². The Morgan fingerprint density at radius 1 is 1.18 bits per heavy atom. The van der Waals surface area contributed by atoms with Gasteiger partial charge in [-0.25, -0.2) is 4.99 Å². The zero-order chi connectivity index (χ0) is 20.1. The summed E-state index contributed by atoms with van der Waals surface area (Å²) >= 11 is 5.96. The molecule has 150 valence electrons. The van der Waals surface area contributed by atoms with Gasteiger partial charge in [-0.15, -0.1) is 0 Å². The molecule has 4 rings (SSSR count). The second-order valence-electron chi connectivity index (χ2n) is 7.21. The van der Waals surface area contributed by atoms with Crippen molar-refractivity contribution in [2.24, 2.45) is 9.98 Å². The van der Waals surface area contributed by atoms with E-state index in [1.165, 1.54) is 6.07 Å². The Hall–Kier alpha value is -2.06. The Morgan fingerprint density at radius 2 is 1.89 bits per heavy atom. The zero-order valence-corrected chi connectivity index (χ0v) is 16.4. The van der Waals surface area contributed by atoms with Crippen molar-refractivity contribution >= 4 is 35.1 Å². The first-order chi connectivity index (χ1) is 13.3. The molecule has 5 nitrogen and oxygen atoms in total. The average Bonchev–Trinajstić information content (AvgIpc) is 2.66. The van der Waals surface area contributed by atoms with Gasteiger partial charge in [-0.3, -0.25) is 9.89 Å². The number of hydrogen-bond donors (Lipinski definition) is 0. The van der Waals surface area contributed by atoms with Gasteiger partial charge in [0, 0.05) is 26.2 Å². The standard InChI is InChI=1S/C19H21ClF3N5/c1-3-12-8-17-18(27-6-4-26(2)5-7-27)25-15-9-13(19(21,22)23)14(20)10-16(15)28(17)11-24-12/h8-12H,3-7H2,1-2H3. The van der Waals surface area contributed by atoms with Gasteiger partial charge < -0.3 is 9.80 Å². The van der Waals surface area contributed by atoms with Crippen molar-refractivity contribution < 1.29 is 13.2 Å². The van der Waals surface area contributed by atoms with Gasteiger partial charge in [0.1, 0.15) is 0 Å². The molecule has 9 heteroatoms. The van der Waals surface area contributed by atoms with Crippen molar-refractivity contribution in [1.29, 1.82) is 0 Å². The van der Waals surface area contributed by atoms with E-state index in [1.54, 1.807) is 11.2 Å². The molecule has 0 N–H and O–H groups in total. The van der Waals surface area contributed by atoms with Crippen LogP contribution in [0.2, 0.25) is 5.02 Å². The smallest absolute Gasteiger partial charge is 0.352 e. The van der Waals surface area contributed by atoms with Crippen LogP contribution in [-0.4, -0.2) is 61.2 Å². The minimum Gasteiger partial charge on any atom is -0.352 e. The lowest BCUT2D eigenvalue weighted by molar-refractivity contribution is -0.137. The molecule has 0 radical (unpaired) electrons. The van der Waals surface area contributed by atoms with Gasteiger partial charge in [-0.1, -0.05) is 18.5 Å². The molecule has 1 atom stereocenters. The molecule has 1 aromatic carbocycles. The summed E-state index contributed by atoms with van der Waals surface area (Å²) < 4.78 is 40.0. The van der Waals surface area contributed by atoms with Crippen molar-refractivity contribution in [3.8, 4) is 0 Å². The van der Waals surface area contributed by atoms with Gasteiger partial charge in [0.2, 0.25) is 0 Å². The number of aliphatic imine (C=N–C) groups is 2. The molecule has 0 saturated carbocycles. The molecule has 0 aliphatic carbocycles. The molecular weight excluding hydrogens is 391 g/mol. The Morgan fingerprint density at radius 3 is 2.54 bits per heavy atom. The molecule has 0 amide bonds. The number of rotatable bonds is 1. The minimum atomic E-state index is -4.53. The number of fused-ring (bicyclic) bond motifs is 3. The summed E-state index contributed by atoms with van der Waals surface area (Å²) in [6, 6.07) is 2.38. The molecule has 3 aliphatic heterocycles. The maximum Gasteiger partial charge on any atom is 0.417 e. The van der Waals surface area contributed by atoms with E-state index in [2.05, 4.69) is 26.8 Å². The predicted molar refractivity (Wildman–Crippen MR) is 106 cm³/mol. The normalized spacial score (nSPS) is 22.6. The van der Waals surface area contributed by atoms with Crippen LogP contribution >= 0.6 is 11.6 Å². The number of nitrogens with zero attached hydrogens (tertiary/aromatic N) is 5. The van der Waals surface area contributed by atoms with Crippen LogP contribution in [0.1, 0.15) is 18.9 Å². The van der Waals surface area contributed by atoms with E-state index < -0.39 is 11.7 Å². The van der Waals surface area contributed by atoms with Crippen molar-refractivity contribution in [3.63, 3.8) is 0 Å². The molecule has 1 saturated heterocycles. The molecule has 0 aromatic heterocycles. The molecule has 1 unspecified atom stereocenters. The van der Waals surface area contributed by atoms with Crippen LogP contribution in [0.15, 0.2) is 33.9 Å². The molecule has 3 heterocycles. The van der Waals surface area contributed by atoms with Gasteiger partial charge in [0.25, 0.3) is 0 Å². The highest BCUT2D eigenvalue weighted by Crippen LogP contribution is 2.45. The van der Waals surface area contributed by atoms with E-state index in [1.807, 2.05) is 13.0 Å². The highest BCUT2D eigenvalue weighted by atomic mass is 35.5. The number of halogens is 4. The Labute approximate surface area is 166 Å². The first-order valence-electron chi connectivity index (χ1n) is 9.25. The number of anilines is 1. The number of piperazine rings is 1. The van der Waals surface area contributed by atoms with Gasteiger partial charge in [-0.05, 0) is 31.7 Å². The summed E-state index contributed by atoms with van der Waals surface area (Å²) in [7, 11) is 2.05. The summed E-state index contributed by atoms with van der Waals surface area (Å²) in [4.78, 5) is 15.3. The van der Waals surface area contributed by atoms with Gasteiger partial charge in [0.05, 0.1) is 40.0 Å². The van der Waals surface area contributed by atoms with E-state index >= 15 is 0 Å². The summed E-state index contributed by atoms with van der Waals surface area (Å²) in [6.45, 7) is 5.33. The van der Waals surface area contributed by atoms with Crippen LogP contribution in [-0.2, 0) is 6.18 Å². The van der Waals surface area contributed by atoms with E-state index in [9.17, 15) is 13.2 Å². The second-order valence-corrected chi connectivity index (χ2v) is 7.61. The third kappa shape index (κ3) is 3.39. The number of alkyl halides is 3. The fraction of sp³-hybridized carbons (Fsp3) is 0.474. The van der Waals surface area contributed by atoms with Crippen molar-refractivity contribution in [2.75, 3.05) is 38.1 Å². The Kier molecular flexibility index (Phi) is 4.87. The van der Waals surface area contributed by atoms with Crippen LogP contribution < -0.4 is 4.90 Å². The highest BCUT2D eigenvalue weighted by Gasteiger charge is 2.37. The average molecular weight is 412 g/mol. The first kappa shape index (κ1) is 19.3. The number of amidine groups is 1. The lowest BCUT2D eigenvalue weighted by atomic mass is 10.1. The topological polar surface area (TPSA) is 34.4 Å². The molecule has 3 aliphatic rings. The molecule has 1 fully saturated rings. The SMILES string of the molecule is CCC1C=C2C(N3CCN(C)CC3)=Nc3cc(C(F)(F)F)c(Cl)cc3N2C=N1. The first-order valence-corrected chi connectivity index (χ1v) is 9.63. The maximum absolute atomic E-state index is 13.3. The second kappa shape index (κ2) is 7.08. The van der Waals surface area contributed by atoms with E-state index in [-0.39, 0.29) is 16.8 Å². The molecule has 0 spiro atoms. The van der Waals surface area contributed by atoms with Crippen molar-refractivity contribution in [1.82, 2.24) is 9.80 Å². The van der Waals surface area contributed by atoms with Crippen LogP contribution in [0.5, 0.6) is 0 Å². The molecule has 0 bridgehead atoms. The van der Waals surface area contributed by atoms with E-state index in [0.29, 0.717) is 11.5 Å². The summed E-state index contributed by atoms with van der Waals surface area (Å²) in [5, 5.41) is -0.338. The third-order valence-corrected chi connectivity index (χ3v) is 5.60. The Balaban J connectivity index is 1.84. The lowest BCUT2D eigenvalue weighted by Gasteiger charge is -2.40. The maximum atomic E-state index is 13.3. The van der Waals surface area contributed by atoms with Crippen LogP contribution in [0.25, 0.3) is 0 Å². The van der Waals surface area contributed by atoms with Crippen molar-refractivity contribution in [3.05, 3.63) is 34.5 Å². The highest BCUT2D eigenvalue weighted by molar-refractivity contribution is 6.32. The fourth-order valence-corrected chi connectivity index (χ4v) is 3.86.